The highest BCUT2D eigenvalue weighted by Crippen LogP contribution is 2.38. The van der Waals surface area contributed by atoms with Gasteiger partial charge < -0.3 is 0 Å². The topological polar surface area (TPSA) is 0 Å². The van der Waals surface area contributed by atoms with Crippen molar-refractivity contribution in [3.05, 3.63) is 12.2 Å². The van der Waals surface area contributed by atoms with E-state index in [-0.39, 0.29) is 0 Å². The van der Waals surface area contributed by atoms with Gasteiger partial charge in [0.2, 0.25) is 0 Å². The summed E-state index contributed by atoms with van der Waals surface area (Å²) in [6.07, 6.45) is 2.57. The summed E-state index contributed by atoms with van der Waals surface area (Å²) >= 11 is 3.38. The molecule has 0 spiro atoms. The molecule has 1 heteroatoms. The first-order chi connectivity index (χ1) is 3.34. The van der Waals surface area contributed by atoms with Gasteiger partial charge in [0, 0.05) is 5.33 Å². The molecular weight excluding hydrogens is 152 g/mol. The van der Waals surface area contributed by atoms with Gasteiger partial charge >= 0.3 is 0 Å². The summed E-state index contributed by atoms with van der Waals surface area (Å²) in [5, 5.41) is 1.14. The third-order valence-corrected chi connectivity index (χ3v) is 1.84. The average Bonchev–Trinajstić information content (AvgIpc) is 2.22. The molecule has 0 saturated heterocycles. The van der Waals surface area contributed by atoms with Crippen LogP contribution in [-0.2, 0) is 0 Å². The predicted molar refractivity (Wildman–Crippen MR) is 35.7 cm³/mol. The van der Waals surface area contributed by atoms with Crippen LogP contribution < -0.4 is 0 Å². The normalized spacial score (nSPS) is 28.1. The van der Waals surface area contributed by atoms with Crippen LogP contribution in [0.25, 0.3) is 0 Å². The van der Waals surface area contributed by atoms with Crippen LogP contribution >= 0.6 is 15.9 Å². The maximum absolute atomic E-state index is 3.85. The first-order valence-electron chi connectivity index (χ1n) is 2.58. The Balaban J connectivity index is 2.09. The van der Waals surface area contributed by atoms with E-state index in [1.807, 2.05) is 0 Å². The Labute approximate surface area is 52.7 Å². The van der Waals surface area contributed by atoms with Crippen molar-refractivity contribution in [2.24, 2.45) is 5.92 Å². The third kappa shape index (κ3) is 1.30. The minimum atomic E-state index is 0.874. The van der Waals surface area contributed by atoms with Crippen LogP contribution in [0.3, 0.4) is 0 Å². The van der Waals surface area contributed by atoms with Crippen LogP contribution in [-0.4, -0.2) is 5.33 Å². The quantitative estimate of drug-likeness (QED) is 0.430. The SMILES string of the molecule is C=C1CC1CCBr. The van der Waals surface area contributed by atoms with E-state index in [2.05, 4.69) is 22.5 Å². The fourth-order valence-corrected chi connectivity index (χ4v) is 1.25. The summed E-state index contributed by atoms with van der Waals surface area (Å²) in [5.41, 5.74) is 1.44. The number of hydrogen-bond acceptors (Lipinski definition) is 0. The molecule has 0 radical (unpaired) electrons. The number of halogens is 1. The molecule has 0 amide bonds. The molecule has 1 aliphatic carbocycles. The van der Waals surface area contributed by atoms with Gasteiger partial charge in [0.25, 0.3) is 0 Å². The molecule has 1 atom stereocenters. The van der Waals surface area contributed by atoms with E-state index in [1.54, 1.807) is 0 Å². The van der Waals surface area contributed by atoms with Crippen molar-refractivity contribution in [3.8, 4) is 0 Å². The maximum atomic E-state index is 3.85. The van der Waals surface area contributed by atoms with Crippen LogP contribution in [0, 0.1) is 5.92 Å². The van der Waals surface area contributed by atoms with Gasteiger partial charge in [-0.2, -0.15) is 0 Å². The lowest BCUT2D eigenvalue weighted by atomic mass is 10.3. The van der Waals surface area contributed by atoms with E-state index >= 15 is 0 Å². The van der Waals surface area contributed by atoms with Crippen molar-refractivity contribution in [1.29, 1.82) is 0 Å². The van der Waals surface area contributed by atoms with Crippen LogP contribution in [0.5, 0.6) is 0 Å². The number of allylic oxidation sites excluding steroid dienone is 1. The zero-order chi connectivity index (χ0) is 5.28. The van der Waals surface area contributed by atoms with Crippen molar-refractivity contribution in [2.45, 2.75) is 12.8 Å². The van der Waals surface area contributed by atoms with Crippen molar-refractivity contribution >= 4 is 15.9 Å². The van der Waals surface area contributed by atoms with Crippen molar-refractivity contribution in [2.75, 3.05) is 5.33 Å². The Bertz CT molecular complexity index is 86.2. The predicted octanol–water partition coefficient (Wildman–Crippen LogP) is 2.35. The van der Waals surface area contributed by atoms with Gasteiger partial charge in [-0.1, -0.05) is 28.1 Å². The van der Waals surface area contributed by atoms with E-state index in [1.165, 1.54) is 18.4 Å². The summed E-state index contributed by atoms with van der Waals surface area (Å²) in [6, 6.07) is 0. The molecule has 0 aromatic carbocycles. The maximum Gasteiger partial charge on any atom is 0.00371 e. The Kier molecular flexibility index (Phi) is 1.53. The fourth-order valence-electron chi connectivity index (χ4n) is 0.695. The molecule has 0 N–H and O–H groups in total. The van der Waals surface area contributed by atoms with Gasteiger partial charge in [-0.15, -0.1) is 0 Å². The minimum absolute atomic E-state index is 0.874. The van der Waals surface area contributed by atoms with Gasteiger partial charge in [-0.05, 0) is 18.8 Å². The first-order valence-corrected chi connectivity index (χ1v) is 3.70. The number of hydrogen-bond donors (Lipinski definition) is 0. The van der Waals surface area contributed by atoms with E-state index in [9.17, 15) is 0 Å². The standard InChI is InChI=1S/C6H9Br/c1-5-4-6(5)2-3-7/h6H,1-4H2. The monoisotopic (exact) mass is 160 g/mol. The largest absolute Gasteiger partial charge is 0.0995 e. The van der Waals surface area contributed by atoms with Crippen molar-refractivity contribution < 1.29 is 0 Å². The Morgan fingerprint density at radius 3 is 2.57 bits per heavy atom. The molecule has 1 fully saturated rings. The van der Waals surface area contributed by atoms with Gasteiger partial charge in [0.15, 0.2) is 0 Å². The van der Waals surface area contributed by atoms with Gasteiger partial charge in [-0.25, -0.2) is 0 Å². The zero-order valence-corrected chi connectivity index (χ0v) is 5.87. The lowest BCUT2D eigenvalue weighted by molar-refractivity contribution is 0.841. The summed E-state index contributed by atoms with van der Waals surface area (Å²) in [4.78, 5) is 0. The number of alkyl halides is 1. The third-order valence-electron chi connectivity index (χ3n) is 1.38. The van der Waals surface area contributed by atoms with Crippen molar-refractivity contribution in [3.63, 3.8) is 0 Å². The average molecular weight is 161 g/mol. The first kappa shape index (κ1) is 5.36. The van der Waals surface area contributed by atoms with Crippen LogP contribution in [0.15, 0.2) is 12.2 Å². The van der Waals surface area contributed by atoms with E-state index in [0.29, 0.717) is 0 Å². The molecule has 0 nitrogen and oxygen atoms in total. The van der Waals surface area contributed by atoms with E-state index < -0.39 is 0 Å². The molecule has 1 saturated carbocycles. The molecule has 0 bridgehead atoms. The van der Waals surface area contributed by atoms with Crippen molar-refractivity contribution in [1.82, 2.24) is 0 Å². The lowest BCUT2D eigenvalue weighted by Crippen LogP contribution is -1.73. The highest BCUT2D eigenvalue weighted by Gasteiger charge is 2.25. The van der Waals surface area contributed by atoms with Gasteiger partial charge in [-0.3, -0.25) is 0 Å². The molecule has 1 unspecified atom stereocenters. The van der Waals surface area contributed by atoms with E-state index in [4.69, 9.17) is 0 Å². The molecule has 7 heavy (non-hydrogen) atoms. The van der Waals surface area contributed by atoms with Gasteiger partial charge in [0.05, 0.1) is 0 Å². The van der Waals surface area contributed by atoms with Crippen LogP contribution in [0.1, 0.15) is 12.8 Å². The molecule has 0 aromatic rings. The highest BCUT2D eigenvalue weighted by molar-refractivity contribution is 9.09. The highest BCUT2D eigenvalue weighted by atomic mass is 79.9. The molecule has 0 aliphatic heterocycles. The molecule has 0 aromatic heterocycles. The Morgan fingerprint density at radius 1 is 1.86 bits per heavy atom. The molecule has 40 valence electrons. The number of rotatable bonds is 2. The fraction of sp³-hybridized carbons (Fsp3) is 0.667. The summed E-state index contributed by atoms with van der Waals surface area (Å²) in [7, 11) is 0. The minimum Gasteiger partial charge on any atom is -0.0995 e. The van der Waals surface area contributed by atoms with E-state index in [0.717, 1.165) is 11.2 Å². The van der Waals surface area contributed by atoms with Crippen LogP contribution in [0.4, 0.5) is 0 Å². The molecule has 1 aliphatic rings. The van der Waals surface area contributed by atoms with Gasteiger partial charge in [0.1, 0.15) is 0 Å². The van der Waals surface area contributed by atoms with Crippen LogP contribution in [0.2, 0.25) is 0 Å². The summed E-state index contributed by atoms with van der Waals surface area (Å²) in [5.74, 6) is 0.874. The summed E-state index contributed by atoms with van der Waals surface area (Å²) < 4.78 is 0. The summed E-state index contributed by atoms with van der Waals surface area (Å²) in [6.45, 7) is 3.85. The second-order valence-electron chi connectivity index (χ2n) is 2.04. The second kappa shape index (κ2) is 1.99. The molecule has 0 heterocycles. The molecular formula is C6H9Br. The second-order valence-corrected chi connectivity index (χ2v) is 2.83. The molecule has 1 rings (SSSR count). The Hall–Kier alpha value is 0.220. The smallest absolute Gasteiger partial charge is 0.00371 e. The zero-order valence-electron chi connectivity index (χ0n) is 4.28. The lowest BCUT2D eigenvalue weighted by Gasteiger charge is -1.82. The Morgan fingerprint density at radius 2 is 2.43 bits per heavy atom.